The van der Waals surface area contributed by atoms with Crippen LogP contribution in [0.25, 0.3) is 0 Å². The van der Waals surface area contributed by atoms with Gasteiger partial charge in [-0.3, -0.25) is 0 Å². The van der Waals surface area contributed by atoms with Gasteiger partial charge in [0, 0.05) is 0 Å². The number of carbonyl (C=O) groups excluding carboxylic acids is 1. The minimum absolute atomic E-state index is 0.301. The summed E-state index contributed by atoms with van der Waals surface area (Å²) in [6.45, 7) is 3.34. The highest BCUT2D eigenvalue weighted by Gasteiger charge is 2.12. The van der Waals surface area contributed by atoms with Crippen LogP contribution in [0.4, 0.5) is 4.39 Å². The molecule has 0 aliphatic heterocycles. The Morgan fingerprint density at radius 1 is 1.31 bits per heavy atom. The van der Waals surface area contributed by atoms with E-state index in [4.69, 9.17) is 0 Å². The summed E-state index contributed by atoms with van der Waals surface area (Å²) in [5.74, 6) is -0.731. The third kappa shape index (κ3) is 1.69. The van der Waals surface area contributed by atoms with Gasteiger partial charge in [-0.25, -0.2) is 9.18 Å². The largest absolute Gasteiger partial charge is 0.465 e. The van der Waals surface area contributed by atoms with Crippen LogP contribution in [-0.4, -0.2) is 13.1 Å². The molecule has 0 N–H and O–H groups in total. The normalized spacial score (nSPS) is 9.85. The fraction of sp³-hybridized carbons (Fsp3) is 0.300. The summed E-state index contributed by atoms with van der Waals surface area (Å²) in [5, 5.41) is 0. The molecule has 0 heterocycles. The van der Waals surface area contributed by atoms with Crippen LogP contribution in [0.1, 0.15) is 21.5 Å². The van der Waals surface area contributed by atoms with Crippen LogP contribution in [0.15, 0.2) is 12.1 Å². The fourth-order valence-corrected chi connectivity index (χ4v) is 1.12. The van der Waals surface area contributed by atoms with E-state index in [2.05, 4.69) is 4.74 Å². The lowest BCUT2D eigenvalue weighted by Gasteiger charge is -2.06. The molecule has 0 radical (unpaired) electrons. The maximum absolute atomic E-state index is 13.0. The van der Waals surface area contributed by atoms with Crippen molar-refractivity contribution >= 4 is 5.97 Å². The zero-order valence-electron chi connectivity index (χ0n) is 7.85. The standard InChI is InChI=1S/C10H11FO2/c1-6-7(2)9(11)5-4-8(6)10(12)13-3/h4-5H,1-3H3. The Morgan fingerprint density at radius 2 is 1.92 bits per heavy atom. The predicted octanol–water partition coefficient (Wildman–Crippen LogP) is 2.23. The van der Waals surface area contributed by atoms with Crippen LogP contribution in [0.2, 0.25) is 0 Å². The molecule has 1 aromatic rings. The topological polar surface area (TPSA) is 26.3 Å². The highest BCUT2D eigenvalue weighted by atomic mass is 19.1. The summed E-state index contributed by atoms with van der Waals surface area (Å²) in [4.78, 5) is 11.2. The van der Waals surface area contributed by atoms with Crippen molar-refractivity contribution in [3.63, 3.8) is 0 Å². The third-order valence-electron chi connectivity index (χ3n) is 2.13. The van der Waals surface area contributed by atoms with E-state index in [-0.39, 0.29) is 5.82 Å². The van der Waals surface area contributed by atoms with Crippen molar-refractivity contribution in [1.29, 1.82) is 0 Å². The molecule has 3 heteroatoms. The van der Waals surface area contributed by atoms with Gasteiger partial charge >= 0.3 is 5.97 Å². The van der Waals surface area contributed by atoms with E-state index in [0.717, 1.165) is 0 Å². The van der Waals surface area contributed by atoms with Gasteiger partial charge in [0.2, 0.25) is 0 Å². The number of hydrogen-bond donors (Lipinski definition) is 0. The zero-order chi connectivity index (χ0) is 10.0. The summed E-state index contributed by atoms with van der Waals surface area (Å²) >= 11 is 0. The van der Waals surface area contributed by atoms with Crippen LogP contribution in [0.3, 0.4) is 0 Å². The van der Waals surface area contributed by atoms with Crippen LogP contribution in [0.5, 0.6) is 0 Å². The SMILES string of the molecule is COC(=O)c1ccc(F)c(C)c1C. The van der Waals surface area contributed by atoms with E-state index < -0.39 is 5.97 Å². The lowest BCUT2D eigenvalue weighted by atomic mass is 10.0. The fourth-order valence-electron chi connectivity index (χ4n) is 1.12. The molecular formula is C10H11FO2. The average molecular weight is 182 g/mol. The number of carbonyl (C=O) groups is 1. The second-order valence-electron chi connectivity index (χ2n) is 2.84. The molecule has 0 amide bonds. The first kappa shape index (κ1) is 9.71. The van der Waals surface area contributed by atoms with Gasteiger partial charge in [0.15, 0.2) is 0 Å². The van der Waals surface area contributed by atoms with Crippen molar-refractivity contribution in [1.82, 2.24) is 0 Å². The van der Waals surface area contributed by atoms with Gasteiger partial charge in [0.05, 0.1) is 12.7 Å². The second kappa shape index (κ2) is 3.56. The quantitative estimate of drug-likeness (QED) is 0.622. The van der Waals surface area contributed by atoms with Gasteiger partial charge in [-0.2, -0.15) is 0 Å². The minimum Gasteiger partial charge on any atom is -0.465 e. The molecular weight excluding hydrogens is 171 g/mol. The molecule has 0 saturated carbocycles. The smallest absolute Gasteiger partial charge is 0.338 e. The van der Waals surface area contributed by atoms with Crippen LogP contribution in [0, 0.1) is 19.7 Å². The van der Waals surface area contributed by atoms with Crippen LogP contribution < -0.4 is 0 Å². The molecule has 0 fully saturated rings. The summed E-state index contributed by atoms with van der Waals surface area (Å²) < 4.78 is 17.5. The summed E-state index contributed by atoms with van der Waals surface area (Å²) in [5.41, 5.74) is 1.54. The molecule has 0 bridgehead atoms. The van der Waals surface area contributed by atoms with Gasteiger partial charge in [-0.05, 0) is 37.1 Å². The number of rotatable bonds is 1. The highest BCUT2D eigenvalue weighted by molar-refractivity contribution is 5.91. The Bertz CT molecular complexity index is 345. The summed E-state index contributed by atoms with van der Waals surface area (Å²) in [6.07, 6.45) is 0. The van der Waals surface area contributed by atoms with Crippen molar-refractivity contribution in [2.45, 2.75) is 13.8 Å². The molecule has 0 atom stereocenters. The van der Waals surface area contributed by atoms with E-state index in [1.807, 2.05) is 0 Å². The molecule has 13 heavy (non-hydrogen) atoms. The molecule has 1 rings (SSSR count). The number of methoxy groups -OCH3 is 1. The van der Waals surface area contributed by atoms with Gasteiger partial charge in [0.25, 0.3) is 0 Å². The van der Waals surface area contributed by atoms with Gasteiger partial charge in [0.1, 0.15) is 5.82 Å². The number of benzene rings is 1. The maximum Gasteiger partial charge on any atom is 0.338 e. The second-order valence-corrected chi connectivity index (χ2v) is 2.84. The number of esters is 1. The van der Waals surface area contributed by atoms with E-state index >= 15 is 0 Å². The molecule has 0 spiro atoms. The monoisotopic (exact) mass is 182 g/mol. The van der Waals surface area contributed by atoms with Gasteiger partial charge in [-0.1, -0.05) is 0 Å². The van der Waals surface area contributed by atoms with E-state index in [9.17, 15) is 9.18 Å². The lowest BCUT2D eigenvalue weighted by Crippen LogP contribution is -2.05. The van der Waals surface area contributed by atoms with Crippen molar-refractivity contribution in [3.05, 3.63) is 34.6 Å². The van der Waals surface area contributed by atoms with E-state index in [1.54, 1.807) is 13.8 Å². The van der Waals surface area contributed by atoms with E-state index in [0.29, 0.717) is 16.7 Å². The minimum atomic E-state index is -0.430. The molecule has 1 aromatic carbocycles. The number of halogens is 1. The third-order valence-corrected chi connectivity index (χ3v) is 2.13. The van der Waals surface area contributed by atoms with Crippen molar-refractivity contribution in [3.8, 4) is 0 Å². The number of ether oxygens (including phenoxy) is 1. The molecule has 0 saturated heterocycles. The average Bonchev–Trinajstić information content (AvgIpc) is 2.13. The molecule has 0 unspecified atom stereocenters. The Balaban J connectivity index is 3.26. The first-order valence-corrected chi connectivity index (χ1v) is 3.92. The van der Waals surface area contributed by atoms with Crippen LogP contribution in [-0.2, 0) is 4.74 Å². The van der Waals surface area contributed by atoms with Gasteiger partial charge < -0.3 is 4.74 Å². The predicted molar refractivity (Wildman–Crippen MR) is 47.2 cm³/mol. The van der Waals surface area contributed by atoms with Crippen molar-refractivity contribution in [2.24, 2.45) is 0 Å². The molecule has 2 nitrogen and oxygen atoms in total. The molecule has 70 valence electrons. The Labute approximate surface area is 76.3 Å². The zero-order valence-corrected chi connectivity index (χ0v) is 7.85. The first-order chi connectivity index (χ1) is 6.07. The highest BCUT2D eigenvalue weighted by Crippen LogP contribution is 2.16. The molecule has 0 aliphatic rings. The Kier molecular flexibility index (Phi) is 2.66. The van der Waals surface area contributed by atoms with Crippen molar-refractivity contribution < 1.29 is 13.9 Å². The molecule has 0 aliphatic carbocycles. The lowest BCUT2D eigenvalue weighted by molar-refractivity contribution is 0.0599. The Morgan fingerprint density at radius 3 is 2.46 bits per heavy atom. The first-order valence-electron chi connectivity index (χ1n) is 3.92. The number of hydrogen-bond acceptors (Lipinski definition) is 2. The Hall–Kier alpha value is -1.38. The van der Waals surface area contributed by atoms with E-state index in [1.165, 1.54) is 19.2 Å². The van der Waals surface area contributed by atoms with Gasteiger partial charge in [-0.15, -0.1) is 0 Å². The van der Waals surface area contributed by atoms with Crippen molar-refractivity contribution in [2.75, 3.05) is 7.11 Å². The molecule has 0 aromatic heterocycles. The maximum atomic E-state index is 13.0. The summed E-state index contributed by atoms with van der Waals surface area (Å²) in [7, 11) is 1.31. The van der Waals surface area contributed by atoms with Crippen LogP contribution >= 0.6 is 0 Å². The summed E-state index contributed by atoms with van der Waals surface area (Å²) in [6, 6.07) is 2.71.